The Labute approximate surface area is 99.4 Å². The third kappa shape index (κ3) is 2.96. The topological polar surface area (TPSA) is 75.6 Å². The molecule has 0 saturated heterocycles. The van der Waals surface area contributed by atoms with Crippen LogP contribution in [0.2, 0.25) is 0 Å². The number of nitrogens with one attached hydrogen (secondary N) is 1. The Morgan fingerprint density at radius 2 is 2.06 bits per heavy atom. The number of aromatic carboxylic acids is 1. The monoisotopic (exact) mass is 237 g/mol. The van der Waals surface area contributed by atoms with E-state index in [2.05, 4.69) is 5.32 Å². The van der Waals surface area contributed by atoms with E-state index in [9.17, 15) is 9.59 Å². The average Bonchev–Trinajstić information content (AvgIpc) is 2.23. The van der Waals surface area contributed by atoms with Gasteiger partial charge in [0.15, 0.2) is 0 Å². The Hall–Kier alpha value is -2.04. The first-order valence-corrected chi connectivity index (χ1v) is 5.24. The van der Waals surface area contributed by atoms with Crippen LogP contribution in [0, 0.1) is 6.92 Å². The van der Waals surface area contributed by atoms with Crippen molar-refractivity contribution in [1.29, 1.82) is 0 Å². The summed E-state index contributed by atoms with van der Waals surface area (Å²) in [7, 11) is 0. The van der Waals surface area contributed by atoms with Gasteiger partial charge in [0.25, 0.3) is 0 Å². The highest BCUT2D eigenvalue weighted by Gasteiger charge is 2.16. The van der Waals surface area contributed by atoms with Crippen molar-refractivity contribution in [3.63, 3.8) is 0 Å². The maximum absolute atomic E-state index is 11.0. The standard InChI is InChI=1S/C12H15NO4/c1-4-17-11-7(2)10(13-8(3)14)6-5-9(11)12(15)16/h5-6H,4H2,1-3H3,(H,13,14)(H,15,16). The maximum Gasteiger partial charge on any atom is 0.339 e. The van der Waals surface area contributed by atoms with Crippen molar-refractivity contribution >= 4 is 17.6 Å². The minimum absolute atomic E-state index is 0.0958. The van der Waals surface area contributed by atoms with Crippen LogP contribution in [0.5, 0.6) is 5.75 Å². The van der Waals surface area contributed by atoms with Crippen LogP contribution in [0.1, 0.15) is 29.8 Å². The number of ether oxygens (including phenoxy) is 1. The number of carbonyl (C=O) groups is 2. The summed E-state index contributed by atoms with van der Waals surface area (Å²) in [5.41, 5.74) is 1.27. The van der Waals surface area contributed by atoms with Crippen molar-refractivity contribution in [2.24, 2.45) is 0 Å². The summed E-state index contributed by atoms with van der Waals surface area (Å²) in [5, 5.41) is 11.6. The molecule has 1 aromatic carbocycles. The van der Waals surface area contributed by atoms with Crippen LogP contribution in [0.15, 0.2) is 12.1 Å². The van der Waals surface area contributed by atoms with Gasteiger partial charge in [0.2, 0.25) is 5.91 Å². The number of hydrogen-bond acceptors (Lipinski definition) is 3. The first kappa shape index (κ1) is 13.0. The van der Waals surface area contributed by atoms with Crippen LogP contribution >= 0.6 is 0 Å². The summed E-state index contributed by atoms with van der Waals surface area (Å²) in [6.45, 7) is 5.24. The zero-order valence-electron chi connectivity index (χ0n) is 10.0. The van der Waals surface area contributed by atoms with Crippen molar-refractivity contribution in [3.05, 3.63) is 23.3 Å². The molecular weight excluding hydrogens is 222 g/mol. The normalized spacial score (nSPS) is 9.82. The summed E-state index contributed by atoms with van der Waals surface area (Å²) in [4.78, 5) is 22.0. The lowest BCUT2D eigenvalue weighted by atomic mass is 10.1. The molecule has 0 aliphatic rings. The third-order valence-corrected chi connectivity index (χ3v) is 2.24. The molecule has 1 amide bonds. The van der Waals surface area contributed by atoms with Gasteiger partial charge in [0, 0.05) is 18.2 Å². The molecule has 0 bridgehead atoms. The predicted octanol–water partition coefficient (Wildman–Crippen LogP) is 2.05. The number of carboxylic acids is 1. The molecule has 0 aromatic heterocycles. The summed E-state index contributed by atoms with van der Waals surface area (Å²) < 4.78 is 5.32. The Bertz CT molecular complexity index is 454. The molecule has 0 spiro atoms. The largest absolute Gasteiger partial charge is 0.493 e. The molecule has 17 heavy (non-hydrogen) atoms. The molecule has 5 nitrogen and oxygen atoms in total. The Morgan fingerprint density at radius 1 is 1.41 bits per heavy atom. The number of amides is 1. The van der Waals surface area contributed by atoms with Gasteiger partial charge in [0.1, 0.15) is 11.3 Å². The Morgan fingerprint density at radius 3 is 2.53 bits per heavy atom. The fraction of sp³-hybridized carbons (Fsp3) is 0.333. The molecule has 0 radical (unpaired) electrons. The first-order chi connectivity index (χ1) is 7.97. The van der Waals surface area contributed by atoms with Crippen LogP contribution in [0.25, 0.3) is 0 Å². The second kappa shape index (κ2) is 5.34. The van der Waals surface area contributed by atoms with Gasteiger partial charge in [-0.15, -0.1) is 0 Å². The SMILES string of the molecule is CCOc1c(C(=O)O)ccc(NC(C)=O)c1C. The van der Waals surface area contributed by atoms with E-state index in [0.717, 1.165) is 0 Å². The van der Waals surface area contributed by atoms with Crippen molar-refractivity contribution in [2.75, 3.05) is 11.9 Å². The molecule has 0 fully saturated rings. The zero-order chi connectivity index (χ0) is 13.0. The van der Waals surface area contributed by atoms with Gasteiger partial charge in [-0.25, -0.2) is 4.79 Å². The van der Waals surface area contributed by atoms with Gasteiger partial charge in [0.05, 0.1) is 6.61 Å². The molecule has 0 saturated carbocycles. The van der Waals surface area contributed by atoms with Gasteiger partial charge in [-0.1, -0.05) is 0 Å². The van der Waals surface area contributed by atoms with Gasteiger partial charge in [-0.3, -0.25) is 4.79 Å². The van der Waals surface area contributed by atoms with Crippen molar-refractivity contribution in [3.8, 4) is 5.75 Å². The molecule has 1 rings (SSSR count). The number of rotatable bonds is 4. The lowest BCUT2D eigenvalue weighted by Gasteiger charge is -2.14. The quantitative estimate of drug-likeness (QED) is 0.840. The number of benzene rings is 1. The van der Waals surface area contributed by atoms with E-state index >= 15 is 0 Å². The van der Waals surface area contributed by atoms with Gasteiger partial charge in [-0.2, -0.15) is 0 Å². The van der Waals surface area contributed by atoms with Crippen LogP contribution in [0.4, 0.5) is 5.69 Å². The molecule has 0 heterocycles. The van der Waals surface area contributed by atoms with Gasteiger partial charge < -0.3 is 15.2 Å². The second-order valence-corrected chi connectivity index (χ2v) is 3.53. The van der Waals surface area contributed by atoms with Crippen molar-refractivity contribution in [2.45, 2.75) is 20.8 Å². The van der Waals surface area contributed by atoms with Crippen molar-refractivity contribution in [1.82, 2.24) is 0 Å². The fourth-order valence-corrected chi connectivity index (χ4v) is 1.52. The van der Waals surface area contributed by atoms with Crippen molar-refractivity contribution < 1.29 is 19.4 Å². The highest BCUT2D eigenvalue weighted by molar-refractivity contribution is 5.95. The molecule has 0 unspecified atom stereocenters. The number of carboxylic acid groups (broad SMARTS) is 1. The van der Waals surface area contributed by atoms with Crippen LogP contribution in [-0.2, 0) is 4.79 Å². The Balaban J connectivity index is 3.27. The van der Waals surface area contributed by atoms with E-state index in [0.29, 0.717) is 23.6 Å². The number of anilines is 1. The van der Waals surface area contributed by atoms with E-state index in [-0.39, 0.29) is 11.5 Å². The first-order valence-electron chi connectivity index (χ1n) is 5.24. The minimum atomic E-state index is -1.05. The predicted molar refractivity (Wildman–Crippen MR) is 63.6 cm³/mol. The number of hydrogen-bond donors (Lipinski definition) is 2. The van der Waals surface area contributed by atoms with E-state index in [1.54, 1.807) is 19.9 Å². The summed E-state index contributed by atoms with van der Waals surface area (Å²) in [6, 6.07) is 2.98. The molecule has 0 aliphatic carbocycles. The lowest BCUT2D eigenvalue weighted by molar-refractivity contribution is -0.114. The van der Waals surface area contributed by atoms with Crippen LogP contribution in [-0.4, -0.2) is 23.6 Å². The second-order valence-electron chi connectivity index (χ2n) is 3.53. The molecule has 2 N–H and O–H groups in total. The molecule has 1 aromatic rings. The van der Waals surface area contributed by atoms with Crippen LogP contribution < -0.4 is 10.1 Å². The molecule has 5 heteroatoms. The van der Waals surface area contributed by atoms with E-state index in [4.69, 9.17) is 9.84 Å². The third-order valence-electron chi connectivity index (χ3n) is 2.24. The van der Waals surface area contributed by atoms with E-state index < -0.39 is 5.97 Å². The average molecular weight is 237 g/mol. The zero-order valence-corrected chi connectivity index (χ0v) is 10.0. The molecular formula is C12H15NO4. The number of carbonyl (C=O) groups excluding carboxylic acids is 1. The van der Waals surface area contributed by atoms with E-state index in [1.807, 2.05) is 0 Å². The molecule has 92 valence electrons. The van der Waals surface area contributed by atoms with Gasteiger partial charge >= 0.3 is 5.97 Å². The maximum atomic E-state index is 11.0. The highest BCUT2D eigenvalue weighted by Crippen LogP contribution is 2.30. The Kier molecular flexibility index (Phi) is 4.09. The summed E-state index contributed by atoms with van der Waals surface area (Å²) in [5.74, 6) is -0.962. The smallest absolute Gasteiger partial charge is 0.339 e. The minimum Gasteiger partial charge on any atom is -0.493 e. The fourth-order valence-electron chi connectivity index (χ4n) is 1.52. The van der Waals surface area contributed by atoms with Gasteiger partial charge in [-0.05, 0) is 26.0 Å². The highest BCUT2D eigenvalue weighted by atomic mass is 16.5. The van der Waals surface area contributed by atoms with E-state index in [1.165, 1.54) is 13.0 Å². The summed E-state index contributed by atoms with van der Waals surface area (Å²) >= 11 is 0. The van der Waals surface area contributed by atoms with Crippen LogP contribution in [0.3, 0.4) is 0 Å². The lowest BCUT2D eigenvalue weighted by Crippen LogP contribution is -2.10. The molecule has 0 aliphatic heterocycles. The summed E-state index contributed by atoms with van der Waals surface area (Å²) in [6.07, 6.45) is 0. The molecule has 0 atom stereocenters.